The number of amides is 1. The number of carbonyl (C=O) groups is 2. The molecule has 0 radical (unpaired) electrons. The minimum atomic E-state index is -0.357. The molecule has 0 aliphatic heterocycles. The maximum absolute atomic E-state index is 11.8. The topological polar surface area (TPSA) is 64.6 Å². The van der Waals surface area contributed by atoms with Gasteiger partial charge in [0.2, 0.25) is 0 Å². The van der Waals surface area contributed by atoms with Gasteiger partial charge in [0.1, 0.15) is 6.61 Å². The minimum Gasteiger partial charge on any atom is -0.463 e. The van der Waals surface area contributed by atoms with E-state index < -0.39 is 0 Å². The number of alkyl carbamates (subject to hydrolysis) is 1. The summed E-state index contributed by atoms with van der Waals surface area (Å²) in [6.45, 7) is 7.51. The first-order valence-electron chi connectivity index (χ1n) is 10.8. The minimum absolute atomic E-state index is 0.263. The van der Waals surface area contributed by atoms with Crippen molar-refractivity contribution in [3.05, 3.63) is 48.0 Å². The quantitative estimate of drug-likeness (QED) is 0.248. The first-order chi connectivity index (χ1) is 14.0. The number of ether oxygens (including phenoxy) is 2. The Labute approximate surface area is 175 Å². The molecule has 0 aromatic heterocycles. The number of carbonyl (C=O) groups excluding carboxylic acids is 2. The fraction of sp³-hybridized carbons (Fsp3) is 0.583. The second kappa shape index (κ2) is 15.6. The van der Waals surface area contributed by atoms with Crippen LogP contribution in [0.25, 0.3) is 0 Å². The Hall–Kier alpha value is -2.30. The van der Waals surface area contributed by atoms with Crippen molar-refractivity contribution in [3.8, 4) is 0 Å². The molecule has 0 saturated heterocycles. The Kier molecular flexibility index (Phi) is 13.3. The monoisotopic (exact) mass is 403 g/mol. The van der Waals surface area contributed by atoms with E-state index in [4.69, 9.17) is 9.47 Å². The van der Waals surface area contributed by atoms with Crippen LogP contribution in [0.5, 0.6) is 0 Å². The van der Waals surface area contributed by atoms with Crippen molar-refractivity contribution in [2.45, 2.75) is 65.9 Å². The van der Waals surface area contributed by atoms with E-state index in [1.165, 1.54) is 12.5 Å². The average molecular weight is 404 g/mol. The first kappa shape index (κ1) is 24.7. The van der Waals surface area contributed by atoms with Crippen molar-refractivity contribution in [3.63, 3.8) is 0 Å². The van der Waals surface area contributed by atoms with Gasteiger partial charge in [0.25, 0.3) is 0 Å². The van der Waals surface area contributed by atoms with Crippen molar-refractivity contribution in [2.24, 2.45) is 11.8 Å². The maximum Gasteiger partial charge on any atom is 0.407 e. The molecule has 1 amide bonds. The Morgan fingerprint density at radius 1 is 1.03 bits per heavy atom. The van der Waals surface area contributed by atoms with Gasteiger partial charge >= 0.3 is 12.1 Å². The van der Waals surface area contributed by atoms with Gasteiger partial charge in [-0.15, -0.1) is 0 Å². The van der Waals surface area contributed by atoms with Crippen molar-refractivity contribution in [2.75, 3.05) is 13.2 Å². The van der Waals surface area contributed by atoms with Crippen LogP contribution in [0, 0.1) is 11.8 Å². The van der Waals surface area contributed by atoms with E-state index in [2.05, 4.69) is 19.2 Å². The van der Waals surface area contributed by atoms with Gasteiger partial charge in [-0.1, -0.05) is 69.5 Å². The van der Waals surface area contributed by atoms with Crippen molar-refractivity contribution >= 4 is 12.1 Å². The van der Waals surface area contributed by atoms with Crippen molar-refractivity contribution < 1.29 is 19.1 Å². The molecule has 0 heterocycles. The maximum atomic E-state index is 11.8. The molecule has 1 aromatic carbocycles. The standard InChI is InChI=1S/C24H37NO4/c1-4-21(14-9-11-20(3)16-17-23(26)28-5-2)15-10-18-25-24(27)29-19-22-12-7-6-8-13-22/h6-8,12-13,16-17,20-21H,4-5,9-11,14-15,18-19H2,1-3H3,(H,25,27)/b17-16+/t20-,21+/m1/s1. The predicted octanol–water partition coefficient (Wildman–Crippen LogP) is 5.64. The van der Waals surface area contributed by atoms with Crippen LogP contribution in [0.4, 0.5) is 4.79 Å². The van der Waals surface area contributed by atoms with E-state index in [-0.39, 0.29) is 12.1 Å². The molecule has 1 aromatic rings. The molecular formula is C24H37NO4. The second-order valence-corrected chi connectivity index (χ2v) is 7.42. The molecule has 0 unspecified atom stereocenters. The van der Waals surface area contributed by atoms with Crippen LogP contribution in [0.15, 0.2) is 42.5 Å². The number of rotatable bonds is 14. The number of hydrogen-bond donors (Lipinski definition) is 1. The summed E-state index contributed by atoms with van der Waals surface area (Å²) in [7, 11) is 0. The van der Waals surface area contributed by atoms with Gasteiger partial charge in [-0.2, -0.15) is 0 Å². The average Bonchev–Trinajstić information content (AvgIpc) is 2.73. The third-order valence-corrected chi connectivity index (χ3v) is 4.97. The zero-order chi connectivity index (χ0) is 21.3. The number of hydrogen-bond acceptors (Lipinski definition) is 4. The van der Waals surface area contributed by atoms with Gasteiger partial charge in [-0.25, -0.2) is 9.59 Å². The molecule has 0 saturated carbocycles. The van der Waals surface area contributed by atoms with Crippen LogP contribution in [-0.2, 0) is 20.9 Å². The summed E-state index contributed by atoms with van der Waals surface area (Å²) in [4.78, 5) is 23.1. The third kappa shape index (κ3) is 12.7. The van der Waals surface area contributed by atoms with Gasteiger partial charge in [0, 0.05) is 12.6 Å². The SMILES string of the molecule is CCOC(=O)/C=C/[C@H](C)CCC[C@H](CC)CCCNC(=O)OCc1ccccc1. The van der Waals surface area contributed by atoms with Crippen LogP contribution < -0.4 is 5.32 Å². The van der Waals surface area contributed by atoms with E-state index in [1.54, 1.807) is 0 Å². The van der Waals surface area contributed by atoms with Gasteiger partial charge in [0.15, 0.2) is 0 Å². The highest BCUT2D eigenvalue weighted by Gasteiger charge is 2.09. The summed E-state index contributed by atoms with van der Waals surface area (Å²) < 4.78 is 10.1. The van der Waals surface area contributed by atoms with Crippen LogP contribution in [0.1, 0.15) is 64.9 Å². The lowest BCUT2D eigenvalue weighted by molar-refractivity contribution is -0.137. The second-order valence-electron chi connectivity index (χ2n) is 7.42. The lowest BCUT2D eigenvalue weighted by Crippen LogP contribution is -2.25. The Bertz CT molecular complexity index is 600. The van der Waals surface area contributed by atoms with Crippen molar-refractivity contribution in [1.29, 1.82) is 0 Å². The summed E-state index contributed by atoms with van der Waals surface area (Å²) in [6.07, 6.45) is 9.69. The zero-order valence-corrected chi connectivity index (χ0v) is 18.2. The number of allylic oxidation sites excluding steroid dienone is 1. The summed E-state index contributed by atoms with van der Waals surface area (Å²) in [5.41, 5.74) is 0.986. The number of nitrogens with one attached hydrogen (secondary N) is 1. The molecule has 0 spiro atoms. The number of benzene rings is 1. The van der Waals surface area contributed by atoms with E-state index in [0.29, 0.717) is 31.6 Å². The molecule has 2 atom stereocenters. The Morgan fingerprint density at radius 3 is 2.45 bits per heavy atom. The van der Waals surface area contributed by atoms with Gasteiger partial charge in [-0.3, -0.25) is 0 Å². The van der Waals surface area contributed by atoms with E-state index >= 15 is 0 Å². The van der Waals surface area contributed by atoms with Crippen LogP contribution in [-0.4, -0.2) is 25.2 Å². The summed E-state index contributed by atoms with van der Waals surface area (Å²) in [5.74, 6) is 0.775. The molecule has 1 rings (SSSR count). The Morgan fingerprint density at radius 2 is 1.76 bits per heavy atom. The Balaban J connectivity index is 2.11. The van der Waals surface area contributed by atoms with E-state index in [9.17, 15) is 9.59 Å². The third-order valence-electron chi connectivity index (χ3n) is 4.97. The highest BCUT2D eigenvalue weighted by molar-refractivity contribution is 5.81. The highest BCUT2D eigenvalue weighted by atomic mass is 16.5. The van der Waals surface area contributed by atoms with Gasteiger partial charge in [0.05, 0.1) is 6.61 Å². The van der Waals surface area contributed by atoms with Gasteiger partial charge < -0.3 is 14.8 Å². The fourth-order valence-electron chi connectivity index (χ4n) is 3.17. The lowest BCUT2D eigenvalue weighted by Gasteiger charge is -2.16. The molecule has 162 valence electrons. The molecule has 5 nitrogen and oxygen atoms in total. The summed E-state index contributed by atoms with van der Waals surface area (Å²) in [5, 5.41) is 2.83. The highest BCUT2D eigenvalue weighted by Crippen LogP contribution is 2.20. The molecule has 0 aliphatic rings. The van der Waals surface area contributed by atoms with Crippen molar-refractivity contribution in [1.82, 2.24) is 5.32 Å². The van der Waals surface area contributed by atoms with Crippen LogP contribution in [0.3, 0.4) is 0 Å². The normalized spacial score (nSPS) is 13.1. The summed E-state index contributed by atoms with van der Waals surface area (Å²) in [6, 6.07) is 9.67. The smallest absolute Gasteiger partial charge is 0.407 e. The summed E-state index contributed by atoms with van der Waals surface area (Å²) >= 11 is 0. The van der Waals surface area contributed by atoms with Gasteiger partial charge in [-0.05, 0) is 43.6 Å². The van der Waals surface area contributed by atoms with E-state index in [0.717, 1.165) is 37.7 Å². The molecule has 0 fully saturated rings. The molecule has 1 N–H and O–H groups in total. The lowest BCUT2D eigenvalue weighted by atomic mass is 9.92. The molecule has 29 heavy (non-hydrogen) atoms. The van der Waals surface area contributed by atoms with E-state index in [1.807, 2.05) is 43.3 Å². The van der Waals surface area contributed by atoms with Crippen LogP contribution >= 0.6 is 0 Å². The number of esters is 1. The molecular weight excluding hydrogens is 366 g/mol. The first-order valence-corrected chi connectivity index (χ1v) is 10.8. The predicted molar refractivity (Wildman–Crippen MR) is 116 cm³/mol. The zero-order valence-electron chi connectivity index (χ0n) is 18.2. The molecule has 0 aliphatic carbocycles. The largest absolute Gasteiger partial charge is 0.463 e. The fourth-order valence-corrected chi connectivity index (χ4v) is 3.17. The molecule has 0 bridgehead atoms. The molecule has 5 heteroatoms. The van der Waals surface area contributed by atoms with Crippen LogP contribution in [0.2, 0.25) is 0 Å².